The van der Waals surface area contributed by atoms with E-state index in [2.05, 4.69) is 14.5 Å². The van der Waals surface area contributed by atoms with Crippen LogP contribution in [0.15, 0.2) is 6.33 Å². The van der Waals surface area contributed by atoms with Gasteiger partial charge in [-0.1, -0.05) is 6.92 Å². The molecule has 0 amide bonds. The van der Waals surface area contributed by atoms with Gasteiger partial charge in [0.2, 0.25) is 0 Å². The molecule has 88 valence electrons. The smallest absolute Gasteiger partial charge is 0.356 e. The predicted octanol–water partition coefficient (Wildman–Crippen LogP) is 0.405. The standard InChI is InChI=1S/C10H14N2O4/c1-4-7-9(10(14)16-3)12(6-11-7)5-8(13)15-2/h6H,4-5H2,1-3H3. The molecule has 1 aromatic heterocycles. The molecule has 0 unspecified atom stereocenters. The van der Waals surface area contributed by atoms with Crippen LogP contribution < -0.4 is 0 Å². The Morgan fingerprint density at radius 3 is 2.56 bits per heavy atom. The topological polar surface area (TPSA) is 70.4 Å². The van der Waals surface area contributed by atoms with Crippen LogP contribution in [-0.4, -0.2) is 35.7 Å². The normalized spacial score (nSPS) is 9.94. The van der Waals surface area contributed by atoms with Gasteiger partial charge in [0.1, 0.15) is 6.54 Å². The van der Waals surface area contributed by atoms with Crippen molar-refractivity contribution >= 4 is 11.9 Å². The largest absolute Gasteiger partial charge is 0.468 e. The van der Waals surface area contributed by atoms with Crippen molar-refractivity contribution < 1.29 is 19.1 Å². The Balaban J connectivity index is 3.04. The van der Waals surface area contributed by atoms with Crippen molar-refractivity contribution in [2.45, 2.75) is 19.9 Å². The van der Waals surface area contributed by atoms with Crippen LogP contribution in [0, 0.1) is 0 Å². The van der Waals surface area contributed by atoms with E-state index in [4.69, 9.17) is 0 Å². The first-order valence-electron chi connectivity index (χ1n) is 4.83. The van der Waals surface area contributed by atoms with Crippen molar-refractivity contribution in [2.24, 2.45) is 0 Å². The lowest BCUT2D eigenvalue weighted by atomic mass is 10.2. The van der Waals surface area contributed by atoms with Crippen molar-refractivity contribution in [1.82, 2.24) is 9.55 Å². The molecule has 1 aromatic rings. The van der Waals surface area contributed by atoms with Gasteiger partial charge in [-0.3, -0.25) is 4.79 Å². The summed E-state index contributed by atoms with van der Waals surface area (Å²) in [6.07, 6.45) is 2.03. The molecule has 0 spiro atoms. The van der Waals surface area contributed by atoms with Crippen molar-refractivity contribution in [3.05, 3.63) is 17.7 Å². The number of methoxy groups -OCH3 is 2. The Bertz CT molecular complexity index is 398. The second-order valence-corrected chi connectivity index (χ2v) is 3.09. The number of carbonyl (C=O) groups is 2. The second-order valence-electron chi connectivity index (χ2n) is 3.09. The maximum absolute atomic E-state index is 11.5. The highest BCUT2D eigenvalue weighted by Crippen LogP contribution is 2.10. The molecule has 1 rings (SSSR count). The third-order valence-electron chi connectivity index (χ3n) is 2.15. The fraction of sp³-hybridized carbons (Fsp3) is 0.500. The number of imidazole rings is 1. The first-order valence-corrected chi connectivity index (χ1v) is 4.83. The van der Waals surface area contributed by atoms with E-state index >= 15 is 0 Å². The highest BCUT2D eigenvalue weighted by atomic mass is 16.5. The van der Waals surface area contributed by atoms with E-state index in [9.17, 15) is 9.59 Å². The van der Waals surface area contributed by atoms with Gasteiger partial charge in [-0.25, -0.2) is 9.78 Å². The summed E-state index contributed by atoms with van der Waals surface area (Å²) in [5.74, 6) is -0.941. The van der Waals surface area contributed by atoms with Gasteiger partial charge in [0.05, 0.1) is 26.2 Å². The van der Waals surface area contributed by atoms with Gasteiger partial charge in [0.15, 0.2) is 5.69 Å². The third kappa shape index (κ3) is 2.39. The van der Waals surface area contributed by atoms with E-state index in [0.29, 0.717) is 17.8 Å². The van der Waals surface area contributed by atoms with Gasteiger partial charge in [-0.05, 0) is 6.42 Å². The van der Waals surface area contributed by atoms with E-state index in [1.165, 1.54) is 25.1 Å². The van der Waals surface area contributed by atoms with Crippen molar-refractivity contribution in [2.75, 3.05) is 14.2 Å². The molecule has 1 heterocycles. The van der Waals surface area contributed by atoms with Crippen molar-refractivity contribution in [3.8, 4) is 0 Å². The molecule has 0 aliphatic rings. The second kappa shape index (κ2) is 5.29. The van der Waals surface area contributed by atoms with Crippen LogP contribution >= 0.6 is 0 Å². The van der Waals surface area contributed by atoms with Crippen LogP contribution in [0.5, 0.6) is 0 Å². The summed E-state index contributed by atoms with van der Waals surface area (Å²) >= 11 is 0. The summed E-state index contributed by atoms with van der Waals surface area (Å²) in [5.41, 5.74) is 0.908. The monoisotopic (exact) mass is 226 g/mol. The van der Waals surface area contributed by atoms with Gasteiger partial charge in [-0.2, -0.15) is 0 Å². The fourth-order valence-electron chi connectivity index (χ4n) is 1.34. The minimum absolute atomic E-state index is 0.0477. The number of aromatic nitrogens is 2. The van der Waals surface area contributed by atoms with Crippen molar-refractivity contribution in [3.63, 3.8) is 0 Å². The summed E-state index contributed by atoms with van der Waals surface area (Å²) in [6, 6.07) is 0. The number of aryl methyl sites for hydroxylation is 1. The van der Waals surface area contributed by atoms with E-state index in [0.717, 1.165) is 0 Å². The minimum Gasteiger partial charge on any atom is -0.468 e. The van der Waals surface area contributed by atoms with Gasteiger partial charge < -0.3 is 14.0 Å². The molecular weight excluding hydrogens is 212 g/mol. The maximum atomic E-state index is 11.5. The van der Waals surface area contributed by atoms with Crippen molar-refractivity contribution in [1.29, 1.82) is 0 Å². The minimum atomic E-state index is -0.502. The van der Waals surface area contributed by atoms with Crippen LogP contribution in [0.1, 0.15) is 23.1 Å². The van der Waals surface area contributed by atoms with Crippen LogP contribution in [0.2, 0.25) is 0 Å². The first-order chi connectivity index (χ1) is 7.63. The molecule has 6 heteroatoms. The molecule has 0 N–H and O–H groups in total. The molecule has 16 heavy (non-hydrogen) atoms. The Labute approximate surface area is 93.2 Å². The van der Waals surface area contributed by atoms with Crippen LogP contribution in [0.4, 0.5) is 0 Å². The van der Waals surface area contributed by atoms with Gasteiger partial charge >= 0.3 is 11.9 Å². The average molecular weight is 226 g/mol. The van der Waals surface area contributed by atoms with E-state index < -0.39 is 11.9 Å². The van der Waals surface area contributed by atoms with Crippen LogP contribution in [0.25, 0.3) is 0 Å². The van der Waals surface area contributed by atoms with E-state index in [-0.39, 0.29) is 6.54 Å². The number of rotatable bonds is 4. The molecule has 0 fully saturated rings. The van der Waals surface area contributed by atoms with E-state index in [1.807, 2.05) is 6.92 Å². The molecule has 0 saturated heterocycles. The molecular formula is C10H14N2O4. The maximum Gasteiger partial charge on any atom is 0.356 e. The average Bonchev–Trinajstić information content (AvgIpc) is 2.70. The summed E-state index contributed by atoms with van der Waals surface area (Å²) in [5, 5.41) is 0. The quantitative estimate of drug-likeness (QED) is 0.695. The third-order valence-corrected chi connectivity index (χ3v) is 2.15. The summed E-state index contributed by atoms with van der Waals surface area (Å²) < 4.78 is 10.6. The Morgan fingerprint density at radius 1 is 1.38 bits per heavy atom. The Hall–Kier alpha value is -1.85. The number of carbonyl (C=O) groups excluding carboxylic acids is 2. The number of nitrogens with zero attached hydrogens (tertiary/aromatic N) is 2. The molecule has 0 atom stereocenters. The lowest BCUT2D eigenvalue weighted by molar-refractivity contribution is -0.141. The summed E-state index contributed by atoms with van der Waals surface area (Å²) in [4.78, 5) is 26.7. The summed E-state index contributed by atoms with van der Waals surface area (Å²) in [6.45, 7) is 1.82. The van der Waals surface area contributed by atoms with Gasteiger partial charge in [0, 0.05) is 0 Å². The lowest BCUT2D eigenvalue weighted by Gasteiger charge is -2.06. The zero-order valence-electron chi connectivity index (χ0n) is 9.52. The molecule has 0 radical (unpaired) electrons. The molecule has 0 aromatic carbocycles. The fourth-order valence-corrected chi connectivity index (χ4v) is 1.34. The zero-order chi connectivity index (χ0) is 12.1. The van der Waals surface area contributed by atoms with Gasteiger partial charge in [-0.15, -0.1) is 0 Å². The molecule has 6 nitrogen and oxygen atoms in total. The van der Waals surface area contributed by atoms with Gasteiger partial charge in [0.25, 0.3) is 0 Å². The highest BCUT2D eigenvalue weighted by Gasteiger charge is 2.19. The Morgan fingerprint density at radius 2 is 2.06 bits per heavy atom. The Kier molecular flexibility index (Phi) is 4.04. The molecule has 0 saturated carbocycles. The highest BCUT2D eigenvalue weighted by molar-refractivity contribution is 5.89. The number of ether oxygens (including phenoxy) is 2. The van der Waals surface area contributed by atoms with E-state index in [1.54, 1.807) is 0 Å². The number of hydrogen-bond acceptors (Lipinski definition) is 5. The SMILES string of the molecule is CCc1ncn(CC(=O)OC)c1C(=O)OC. The molecule has 0 bridgehead atoms. The number of esters is 2. The zero-order valence-corrected chi connectivity index (χ0v) is 9.52. The number of hydrogen-bond donors (Lipinski definition) is 0. The summed E-state index contributed by atoms with van der Waals surface area (Å²) in [7, 11) is 2.58. The first kappa shape index (κ1) is 12.2. The predicted molar refractivity (Wildman–Crippen MR) is 55.0 cm³/mol. The lowest BCUT2D eigenvalue weighted by Crippen LogP contribution is -2.17. The molecule has 0 aliphatic carbocycles. The van der Waals surface area contributed by atoms with Crippen LogP contribution in [0.3, 0.4) is 0 Å². The van der Waals surface area contributed by atoms with Crippen LogP contribution in [-0.2, 0) is 27.2 Å². The molecule has 0 aliphatic heterocycles.